The highest BCUT2D eigenvalue weighted by molar-refractivity contribution is 6.17. The number of fused-ring (bicyclic) bond motifs is 1. The van der Waals surface area contributed by atoms with Crippen LogP contribution in [0.25, 0.3) is 11.0 Å². The van der Waals surface area contributed by atoms with Gasteiger partial charge in [-0.1, -0.05) is 13.3 Å². The molecule has 0 aliphatic carbocycles. The Hall–Kier alpha value is -1.16. The van der Waals surface area contributed by atoms with Crippen LogP contribution in [0.15, 0.2) is 12.1 Å². The Labute approximate surface area is 122 Å². The molecule has 0 amide bonds. The van der Waals surface area contributed by atoms with E-state index in [1.807, 2.05) is 4.57 Å². The molecule has 1 heterocycles. The average molecular weight is 301 g/mol. The number of imidazole rings is 1. The molecular formula is C15H19ClF2N2. The molecule has 0 spiro atoms. The highest BCUT2D eigenvalue weighted by atomic mass is 35.5. The first-order chi connectivity index (χ1) is 9.40. The topological polar surface area (TPSA) is 17.8 Å². The van der Waals surface area contributed by atoms with Crippen molar-refractivity contribution in [2.75, 3.05) is 5.88 Å². The SMILES string of the molecule is CCCC(C)(C)n1c(CCCl)nc2c(F)cc(F)cc21. The van der Waals surface area contributed by atoms with Gasteiger partial charge in [0.15, 0.2) is 5.82 Å². The molecule has 1 aromatic heterocycles. The van der Waals surface area contributed by atoms with E-state index in [2.05, 4.69) is 25.8 Å². The van der Waals surface area contributed by atoms with E-state index in [4.69, 9.17) is 11.6 Å². The summed E-state index contributed by atoms with van der Waals surface area (Å²) in [5.41, 5.74) is 0.460. The van der Waals surface area contributed by atoms with Gasteiger partial charge in [-0.3, -0.25) is 0 Å². The normalized spacial score (nSPS) is 12.3. The maximum absolute atomic E-state index is 13.9. The number of hydrogen-bond donors (Lipinski definition) is 0. The van der Waals surface area contributed by atoms with Crippen LogP contribution in [0.1, 0.15) is 39.4 Å². The molecule has 0 saturated heterocycles. The largest absolute Gasteiger partial charge is 0.322 e. The lowest BCUT2D eigenvalue weighted by molar-refractivity contribution is 0.324. The molecule has 0 atom stereocenters. The van der Waals surface area contributed by atoms with Gasteiger partial charge in [0, 0.05) is 23.9 Å². The molecule has 20 heavy (non-hydrogen) atoms. The van der Waals surface area contributed by atoms with Gasteiger partial charge >= 0.3 is 0 Å². The van der Waals surface area contributed by atoms with Crippen molar-refractivity contribution in [1.29, 1.82) is 0 Å². The second-order valence-electron chi connectivity index (χ2n) is 5.62. The predicted molar refractivity (Wildman–Crippen MR) is 78.3 cm³/mol. The predicted octanol–water partition coefficient (Wildman–Crippen LogP) is 4.63. The number of halogens is 3. The van der Waals surface area contributed by atoms with E-state index in [0.717, 1.165) is 18.9 Å². The van der Waals surface area contributed by atoms with Gasteiger partial charge in [-0.05, 0) is 26.3 Å². The van der Waals surface area contributed by atoms with Crippen molar-refractivity contribution in [1.82, 2.24) is 9.55 Å². The van der Waals surface area contributed by atoms with E-state index in [9.17, 15) is 8.78 Å². The Morgan fingerprint density at radius 1 is 1.30 bits per heavy atom. The van der Waals surface area contributed by atoms with E-state index in [1.165, 1.54) is 6.07 Å². The van der Waals surface area contributed by atoms with Gasteiger partial charge in [0.2, 0.25) is 0 Å². The molecule has 0 bridgehead atoms. The van der Waals surface area contributed by atoms with Crippen molar-refractivity contribution in [3.05, 3.63) is 29.6 Å². The maximum Gasteiger partial charge on any atom is 0.153 e. The molecule has 5 heteroatoms. The lowest BCUT2D eigenvalue weighted by atomic mass is 9.97. The number of aromatic nitrogens is 2. The fourth-order valence-electron chi connectivity index (χ4n) is 2.80. The molecule has 0 radical (unpaired) electrons. The molecule has 110 valence electrons. The number of hydrogen-bond acceptors (Lipinski definition) is 1. The molecule has 1 aromatic carbocycles. The number of rotatable bonds is 5. The van der Waals surface area contributed by atoms with Crippen molar-refractivity contribution in [3.8, 4) is 0 Å². The Morgan fingerprint density at radius 2 is 2.00 bits per heavy atom. The molecule has 0 unspecified atom stereocenters. The standard InChI is InChI=1S/C15H19ClF2N2/c1-4-6-15(2,3)20-12-9-10(17)8-11(18)14(12)19-13(20)5-7-16/h8-9H,4-7H2,1-3H3. The van der Waals surface area contributed by atoms with Crippen molar-refractivity contribution in [2.45, 2.75) is 45.6 Å². The lowest BCUT2D eigenvalue weighted by Crippen LogP contribution is -2.28. The minimum absolute atomic E-state index is 0.218. The van der Waals surface area contributed by atoms with Gasteiger partial charge in [0.1, 0.15) is 17.2 Å². The molecule has 0 fully saturated rings. The van der Waals surface area contributed by atoms with E-state index < -0.39 is 11.6 Å². The third-order valence-corrected chi connectivity index (χ3v) is 3.72. The van der Waals surface area contributed by atoms with Crippen LogP contribution in [-0.4, -0.2) is 15.4 Å². The third kappa shape index (κ3) is 2.66. The molecule has 2 nitrogen and oxygen atoms in total. The van der Waals surface area contributed by atoms with Gasteiger partial charge in [0.25, 0.3) is 0 Å². The molecule has 0 aliphatic heterocycles. The zero-order valence-corrected chi connectivity index (χ0v) is 12.8. The zero-order chi connectivity index (χ0) is 14.9. The first kappa shape index (κ1) is 15.2. The van der Waals surface area contributed by atoms with Crippen LogP contribution in [0.3, 0.4) is 0 Å². The molecule has 0 aliphatic rings. The van der Waals surface area contributed by atoms with Crippen LogP contribution in [0.4, 0.5) is 8.78 Å². The third-order valence-electron chi connectivity index (χ3n) is 3.53. The fourth-order valence-corrected chi connectivity index (χ4v) is 2.97. The van der Waals surface area contributed by atoms with Crippen LogP contribution < -0.4 is 0 Å². The monoisotopic (exact) mass is 300 g/mol. The Morgan fingerprint density at radius 3 is 2.60 bits per heavy atom. The van der Waals surface area contributed by atoms with Gasteiger partial charge in [-0.15, -0.1) is 11.6 Å². The minimum atomic E-state index is -0.623. The van der Waals surface area contributed by atoms with Crippen molar-refractivity contribution < 1.29 is 8.78 Å². The van der Waals surface area contributed by atoms with Gasteiger partial charge in [-0.25, -0.2) is 13.8 Å². The van der Waals surface area contributed by atoms with Crippen molar-refractivity contribution in [3.63, 3.8) is 0 Å². The van der Waals surface area contributed by atoms with Crippen LogP contribution >= 0.6 is 11.6 Å². The van der Waals surface area contributed by atoms with E-state index in [1.54, 1.807) is 0 Å². The lowest BCUT2D eigenvalue weighted by Gasteiger charge is -2.29. The summed E-state index contributed by atoms with van der Waals surface area (Å²) in [5.74, 6) is -0.101. The van der Waals surface area contributed by atoms with Crippen molar-refractivity contribution in [2.24, 2.45) is 0 Å². The minimum Gasteiger partial charge on any atom is -0.322 e. The number of nitrogens with zero attached hydrogens (tertiary/aromatic N) is 2. The van der Waals surface area contributed by atoms with Crippen LogP contribution in [0.5, 0.6) is 0 Å². The van der Waals surface area contributed by atoms with Crippen LogP contribution in [-0.2, 0) is 12.0 Å². The second-order valence-corrected chi connectivity index (χ2v) is 6.00. The first-order valence-corrected chi connectivity index (χ1v) is 7.37. The first-order valence-electron chi connectivity index (χ1n) is 6.83. The Balaban J connectivity index is 2.74. The summed E-state index contributed by atoms with van der Waals surface area (Å²) in [6.45, 7) is 6.19. The summed E-state index contributed by atoms with van der Waals surface area (Å²) in [7, 11) is 0. The Kier molecular flexibility index (Phi) is 4.33. The summed E-state index contributed by atoms with van der Waals surface area (Å²) >= 11 is 5.81. The number of alkyl halides is 1. The molecular weight excluding hydrogens is 282 g/mol. The summed E-state index contributed by atoms with van der Waals surface area (Å²) in [6, 6.07) is 2.22. The van der Waals surface area contributed by atoms with Crippen LogP contribution in [0.2, 0.25) is 0 Å². The van der Waals surface area contributed by atoms with Crippen molar-refractivity contribution >= 4 is 22.6 Å². The average Bonchev–Trinajstić information content (AvgIpc) is 2.68. The summed E-state index contributed by atoms with van der Waals surface area (Å²) in [5, 5.41) is 0. The fraction of sp³-hybridized carbons (Fsp3) is 0.533. The summed E-state index contributed by atoms with van der Waals surface area (Å²) in [6.07, 6.45) is 2.40. The number of aryl methyl sites for hydroxylation is 1. The number of benzene rings is 1. The summed E-state index contributed by atoms with van der Waals surface area (Å²) < 4.78 is 29.4. The second kappa shape index (κ2) is 5.68. The maximum atomic E-state index is 13.9. The molecule has 2 aromatic rings. The van der Waals surface area contributed by atoms with E-state index >= 15 is 0 Å². The zero-order valence-electron chi connectivity index (χ0n) is 12.0. The van der Waals surface area contributed by atoms with Gasteiger partial charge in [0.05, 0.1) is 5.52 Å². The van der Waals surface area contributed by atoms with Gasteiger partial charge in [-0.2, -0.15) is 0 Å². The Bertz CT molecular complexity index is 620. The van der Waals surface area contributed by atoms with Crippen LogP contribution in [0, 0.1) is 11.6 Å². The highest BCUT2D eigenvalue weighted by Crippen LogP contribution is 2.31. The molecule has 0 saturated carbocycles. The molecule has 2 rings (SSSR count). The quantitative estimate of drug-likeness (QED) is 0.736. The molecule has 0 N–H and O–H groups in total. The van der Waals surface area contributed by atoms with Gasteiger partial charge < -0.3 is 4.57 Å². The highest BCUT2D eigenvalue weighted by Gasteiger charge is 2.26. The van der Waals surface area contributed by atoms with E-state index in [0.29, 0.717) is 23.6 Å². The summed E-state index contributed by atoms with van der Waals surface area (Å²) in [4.78, 5) is 4.33. The van der Waals surface area contributed by atoms with E-state index in [-0.39, 0.29) is 11.1 Å². The smallest absolute Gasteiger partial charge is 0.153 e.